The zero-order valence-corrected chi connectivity index (χ0v) is 12.7. The van der Waals surface area contributed by atoms with Crippen LogP contribution in [-0.4, -0.2) is 52.8 Å². The maximum Gasteiger partial charge on any atom is 0.0949 e. The number of fused-ring (bicyclic) bond motifs is 1. The number of morpholine rings is 1. The minimum atomic E-state index is 0.316. The van der Waals surface area contributed by atoms with Crippen molar-refractivity contribution in [2.75, 3.05) is 26.2 Å². The Labute approximate surface area is 126 Å². The predicted molar refractivity (Wildman–Crippen MR) is 81.2 cm³/mol. The van der Waals surface area contributed by atoms with Crippen molar-refractivity contribution < 1.29 is 4.74 Å². The lowest BCUT2D eigenvalue weighted by Crippen LogP contribution is -2.47. The largest absolute Gasteiger partial charge is 0.373 e. The second-order valence-electron chi connectivity index (χ2n) is 6.72. The molecule has 0 aromatic carbocycles. The summed E-state index contributed by atoms with van der Waals surface area (Å²) in [6.07, 6.45) is 10.8. The highest BCUT2D eigenvalue weighted by Gasteiger charge is 2.32. The van der Waals surface area contributed by atoms with Crippen molar-refractivity contribution >= 4 is 0 Å². The molecular formula is C16H26N4O. The van der Waals surface area contributed by atoms with Crippen LogP contribution >= 0.6 is 0 Å². The first kappa shape index (κ1) is 13.7. The summed E-state index contributed by atoms with van der Waals surface area (Å²) >= 11 is 0. The van der Waals surface area contributed by atoms with E-state index in [9.17, 15) is 0 Å². The molecule has 5 nitrogen and oxygen atoms in total. The molecule has 3 fully saturated rings. The molecule has 3 unspecified atom stereocenters. The van der Waals surface area contributed by atoms with Gasteiger partial charge in [0.25, 0.3) is 0 Å². The van der Waals surface area contributed by atoms with Gasteiger partial charge >= 0.3 is 0 Å². The standard InChI is InChI=1S/C16H26N4O/c1-2-6-18-15(5-1)16-8-17-12-20(16)10-14-9-19-7-3-4-13(19)11-21-14/h8,12-15,18H,1-7,9-11H2. The molecule has 0 aliphatic carbocycles. The molecule has 3 aliphatic heterocycles. The van der Waals surface area contributed by atoms with Crippen molar-refractivity contribution in [3.8, 4) is 0 Å². The maximum absolute atomic E-state index is 6.10. The molecule has 3 saturated heterocycles. The minimum absolute atomic E-state index is 0.316. The molecule has 3 atom stereocenters. The molecule has 21 heavy (non-hydrogen) atoms. The Hall–Kier alpha value is -0.910. The van der Waals surface area contributed by atoms with Crippen LogP contribution in [0.25, 0.3) is 0 Å². The fraction of sp³-hybridized carbons (Fsp3) is 0.812. The van der Waals surface area contributed by atoms with Crippen LogP contribution in [-0.2, 0) is 11.3 Å². The number of piperidine rings is 1. The van der Waals surface area contributed by atoms with E-state index >= 15 is 0 Å². The highest BCUT2D eigenvalue weighted by Crippen LogP contribution is 2.25. The summed E-state index contributed by atoms with van der Waals surface area (Å²) in [6.45, 7) is 5.32. The van der Waals surface area contributed by atoms with Crippen LogP contribution < -0.4 is 5.32 Å². The average molecular weight is 290 g/mol. The van der Waals surface area contributed by atoms with E-state index in [0.717, 1.165) is 26.2 Å². The molecule has 0 radical (unpaired) electrons. The Morgan fingerprint density at radius 1 is 1.29 bits per heavy atom. The third-order valence-corrected chi connectivity index (χ3v) is 5.27. The first-order valence-electron chi connectivity index (χ1n) is 8.49. The van der Waals surface area contributed by atoms with Gasteiger partial charge in [0.1, 0.15) is 0 Å². The van der Waals surface area contributed by atoms with Gasteiger partial charge in [-0.2, -0.15) is 0 Å². The van der Waals surface area contributed by atoms with Crippen LogP contribution in [0.3, 0.4) is 0 Å². The van der Waals surface area contributed by atoms with Crippen LogP contribution in [0, 0.1) is 0 Å². The number of ether oxygens (including phenoxy) is 1. The van der Waals surface area contributed by atoms with Gasteiger partial charge in [-0.3, -0.25) is 4.90 Å². The average Bonchev–Trinajstić information content (AvgIpc) is 3.16. The number of imidazole rings is 1. The van der Waals surface area contributed by atoms with Crippen molar-refractivity contribution in [1.82, 2.24) is 19.8 Å². The van der Waals surface area contributed by atoms with E-state index in [-0.39, 0.29) is 0 Å². The zero-order valence-electron chi connectivity index (χ0n) is 12.7. The van der Waals surface area contributed by atoms with E-state index in [4.69, 9.17) is 4.74 Å². The van der Waals surface area contributed by atoms with Crippen LogP contribution in [0.15, 0.2) is 12.5 Å². The summed E-state index contributed by atoms with van der Waals surface area (Å²) < 4.78 is 8.41. The fourth-order valence-corrected chi connectivity index (χ4v) is 4.09. The van der Waals surface area contributed by atoms with E-state index in [0.29, 0.717) is 18.2 Å². The van der Waals surface area contributed by atoms with Crippen LogP contribution in [0.5, 0.6) is 0 Å². The summed E-state index contributed by atoms with van der Waals surface area (Å²) in [4.78, 5) is 7.00. The van der Waals surface area contributed by atoms with Gasteiger partial charge in [0.2, 0.25) is 0 Å². The molecule has 5 heteroatoms. The first-order valence-corrected chi connectivity index (χ1v) is 8.49. The van der Waals surface area contributed by atoms with Crippen LogP contribution in [0.1, 0.15) is 43.8 Å². The molecular weight excluding hydrogens is 264 g/mol. The molecule has 0 amide bonds. The molecule has 1 aromatic rings. The second kappa shape index (κ2) is 6.07. The minimum Gasteiger partial charge on any atom is -0.373 e. The Balaban J connectivity index is 1.41. The lowest BCUT2D eigenvalue weighted by atomic mass is 10.0. The molecule has 1 N–H and O–H groups in total. The van der Waals surface area contributed by atoms with Gasteiger partial charge in [-0.05, 0) is 38.8 Å². The van der Waals surface area contributed by atoms with E-state index in [1.54, 1.807) is 0 Å². The van der Waals surface area contributed by atoms with E-state index < -0.39 is 0 Å². The van der Waals surface area contributed by atoms with Gasteiger partial charge < -0.3 is 14.6 Å². The lowest BCUT2D eigenvalue weighted by molar-refractivity contribution is -0.0555. The number of aromatic nitrogens is 2. The van der Waals surface area contributed by atoms with Crippen molar-refractivity contribution in [3.63, 3.8) is 0 Å². The summed E-state index contributed by atoms with van der Waals surface area (Å²) in [6, 6.07) is 1.16. The molecule has 3 aliphatic rings. The first-order chi connectivity index (χ1) is 10.4. The molecule has 4 rings (SSSR count). The van der Waals surface area contributed by atoms with Crippen LogP contribution in [0.2, 0.25) is 0 Å². The molecule has 0 spiro atoms. The topological polar surface area (TPSA) is 42.3 Å². The van der Waals surface area contributed by atoms with Gasteiger partial charge in [0.15, 0.2) is 0 Å². The van der Waals surface area contributed by atoms with Crippen molar-refractivity contribution in [3.05, 3.63) is 18.2 Å². The molecule has 0 bridgehead atoms. The number of hydrogen-bond donors (Lipinski definition) is 1. The Morgan fingerprint density at radius 3 is 3.19 bits per heavy atom. The smallest absolute Gasteiger partial charge is 0.0949 e. The highest BCUT2D eigenvalue weighted by molar-refractivity contribution is 5.07. The monoisotopic (exact) mass is 290 g/mol. The molecule has 4 heterocycles. The highest BCUT2D eigenvalue weighted by atomic mass is 16.5. The predicted octanol–water partition coefficient (Wildman–Crippen LogP) is 1.56. The Kier molecular flexibility index (Phi) is 3.97. The van der Waals surface area contributed by atoms with E-state index in [2.05, 4.69) is 19.8 Å². The SMILES string of the molecule is c1ncn(CC2CN3CCCC3CO2)c1C1CCCCN1. The normalized spacial score (nSPS) is 34.0. The van der Waals surface area contributed by atoms with E-state index in [1.807, 2.05) is 12.5 Å². The van der Waals surface area contributed by atoms with Crippen molar-refractivity contribution in [2.45, 2.75) is 56.8 Å². The number of rotatable bonds is 3. The number of nitrogens with one attached hydrogen (secondary N) is 1. The van der Waals surface area contributed by atoms with Gasteiger partial charge in [-0.15, -0.1) is 0 Å². The second-order valence-corrected chi connectivity index (χ2v) is 6.72. The third kappa shape index (κ3) is 2.87. The maximum atomic E-state index is 6.10. The Morgan fingerprint density at radius 2 is 2.29 bits per heavy atom. The van der Waals surface area contributed by atoms with Gasteiger partial charge in [-0.25, -0.2) is 4.98 Å². The van der Waals surface area contributed by atoms with Crippen LogP contribution in [0.4, 0.5) is 0 Å². The number of nitrogens with zero attached hydrogens (tertiary/aromatic N) is 3. The third-order valence-electron chi connectivity index (χ3n) is 5.27. The summed E-state index contributed by atoms with van der Waals surface area (Å²) in [5, 5.41) is 3.62. The van der Waals surface area contributed by atoms with Gasteiger partial charge in [0, 0.05) is 24.8 Å². The Bertz CT molecular complexity index is 469. The lowest BCUT2D eigenvalue weighted by Gasteiger charge is -2.36. The molecule has 0 saturated carbocycles. The fourth-order valence-electron chi connectivity index (χ4n) is 4.09. The zero-order chi connectivity index (χ0) is 14.1. The summed E-state index contributed by atoms with van der Waals surface area (Å²) in [7, 11) is 0. The summed E-state index contributed by atoms with van der Waals surface area (Å²) in [5.41, 5.74) is 1.34. The van der Waals surface area contributed by atoms with Crippen molar-refractivity contribution in [1.29, 1.82) is 0 Å². The summed E-state index contributed by atoms with van der Waals surface area (Å²) in [5.74, 6) is 0. The molecule has 116 valence electrons. The van der Waals surface area contributed by atoms with E-state index in [1.165, 1.54) is 44.3 Å². The van der Waals surface area contributed by atoms with Gasteiger partial charge in [-0.1, -0.05) is 6.42 Å². The number of hydrogen-bond acceptors (Lipinski definition) is 4. The van der Waals surface area contributed by atoms with Gasteiger partial charge in [0.05, 0.1) is 31.3 Å². The molecule has 1 aromatic heterocycles. The quantitative estimate of drug-likeness (QED) is 0.917. The van der Waals surface area contributed by atoms with Crippen molar-refractivity contribution in [2.24, 2.45) is 0 Å².